The SMILES string of the molecule is COC(=O)C1(C(=O)O)CC=Nc2cc(Cl)cc(Cl)c21. The van der Waals surface area contributed by atoms with Gasteiger partial charge in [-0.3, -0.25) is 14.6 Å². The Morgan fingerprint density at radius 1 is 1.42 bits per heavy atom. The van der Waals surface area contributed by atoms with E-state index in [2.05, 4.69) is 9.73 Å². The normalized spacial score (nSPS) is 20.8. The van der Waals surface area contributed by atoms with Gasteiger partial charge in [0.2, 0.25) is 0 Å². The largest absolute Gasteiger partial charge is 0.480 e. The van der Waals surface area contributed by atoms with Crippen molar-refractivity contribution in [2.75, 3.05) is 7.11 Å². The molecule has 0 saturated carbocycles. The highest BCUT2D eigenvalue weighted by atomic mass is 35.5. The van der Waals surface area contributed by atoms with Crippen LogP contribution in [0.25, 0.3) is 0 Å². The number of halogens is 2. The van der Waals surface area contributed by atoms with E-state index in [-0.39, 0.29) is 22.7 Å². The number of carboxylic acids is 1. The van der Waals surface area contributed by atoms with Crippen LogP contribution in [0.5, 0.6) is 0 Å². The Hall–Kier alpha value is -1.59. The highest BCUT2D eigenvalue weighted by Gasteiger charge is 2.52. The smallest absolute Gasteiger partial charge is 0.328 e. The topological polar surface area (TPSA) is 76.0 Å². The molecule has 0 bridgehead atoms. The molecular weight excluding hydrogens is 293 g/mol. The maximum atomic E-state index is 12.0. The van der Waals surface area contributed by atoms with Gasteiger partial charge in [0.1, 0.15) is 0 Å². The maximum absolute atomic E-state index is 12.0. The van der Waals surface area contributed by atoms with Crippen LogP contribution in [-0.2, 0) is 19.7 Å². The molecule has 1 aromatic rings. The minimum Gasteiger partial charge on any atom is -0.480 e. The highest BCUT2D eigenvalue weighted by Crippen LogP contribution is 2.44. The number of esters is 1. The molecule has 1 aliphatic rings. The van der Waals surface area contributed by atoms with E-state index in [1.807, 2.05) is 0 Å². The van der Waals surface area contributed by atoms with Gasteiger partial charge in [0.25, 0.3) is 0 Å². The molecule has 100 valence electrons. The van der Waals surface area contributed by atoms with E-state index in [1.54, 1.807) is 0 Å². The second-order valence-corrected chi connectivity index (χ2v) is 4.84. The van der Waals surface area contributed by atoms with E-state index < -0.39 is 17.4 Å². The van der Waals surface area contributed by atoms with Gasteiger partial charge < -0.3 is 9.84 Å². The summed E-state index contributed by atoms with van der Waals surface area (Å²) in [5.41, 5.74) is -1.51. The molecule has 0 amide bonds. The van der Waals surface area contributed by atoms with Crippen LogP contribution < -0.4 is 0 Å². The number of carboxylic acid groups (broad SMARTS) is 1. The molecule has 1 N–H and O–H groups in total. The van der Waals surface area contributed by atoms with Crippen molar-refractivity contribution < 1.29 is 19.4 Å². The summed E-state index contributed by atoms with van der Waals surface area (Å²) in [5.74, 6) is -2.23. The zero-order valence-corrected chi connectivity index (χ0v) is 11.3. The first-order valence-corrected chi connectivity index (χ1v) is 6.03. The first kappa shape index (κ1) is 13.8. The molecule has 5 nitrogen and oxygen atoms in total. The number of aliphatic imine (C=N–C) groups is 1. The van der Waals surface area contributed by atoms with E-state index in [0.29, 0.717) is 5.02 Å². The fourth-order valence-corrected chi connectivity index (χ4v) is 2.75. The fraction of sp³-hybridized carbons (Fsp3) is 0.250. The van der Waals surface area contributed by atoms with Gasteiger partial charge in [0.15, 0.2) is 5.41 Å². The van der Waals surface area contributed by atoms with Crippen LogP contribution in [0.3, 0.4) is 0 Å². The first-order valence-electron chi connectivity index (χ1n) is 5.27. The Balaban J connectivity index is 2.79. The lowest BCUT2D eigenvalue weighted by molar-refractivity contribution is -0.159. The van der Waals surface area contributed by atoms with Crippen molar-refractivity contribution in [3.05, 3.63) is 27.7 Å². The lowest BCUT2D eigenvalue weighted by Crippen LogP contribution is -2.46. The third-order valence-electron chi connectivity index (χ3n) is 2.99. The summed E-state index contributed by atoms with van der Waals surface area (Å²) in [4.78, 5) is 27.6. The van der Waals surface area contributed by atoms with E-state index >= 15 is 0 Å². The summed E-state index contributed by atoms with van der Waals surface area (Å²) in [6.07, 6.45) is 1.23. The molecule has 1 heterocycles. The Morgan fingerprint density at radius 2 is 2.11 bits per heavy atom. The van der Waals surface area contributed by atoms with Gasteiger partial charge in [0, 0.05) is 28.2 Å². The lowest BCUT2D eigenvalue weighted by atomic mass is 9.75. The summed E-state index contributed by atoms with van der Waals surface area (Å²) in [7, 11) is 1.13. The van der Waals surface area contributed by atoms with Gasteiger partial charge >= 0.3 is 11.9 Å². The molecule has 1 atom stereocenters. The summed E-state index contributed by atoms with van der Waals surface area (Å²) >= 11 is 11.9. The van der Waals surface area contributed by atoms with Crippen LogP contribution in [0.4, 0.5) is 5.69 Å². The highest BCUT2D eigenvalue weighted by molar-refractivity contribution is 6.36. The van der Waals surface area contributed by atoms with Crippen LogP contribution in [0.15, 0.2) is 17.1 Å². The molecule has 0 fully saturated rings. The van der Waals surface area contributed by atoms with Gasteiger partial charge in [0.05, 0.1) is 12.8 Å². The first-order chi connectivity index (χ1) is 8.93. The quantitative estimate of drug-likeness (QED) is 0.673. The van der Waals surface area contributed by atoms with Crippen LogP contribution in [0.1, 0.15) is 12.0 Å². The standard InChI is InChI=1S/C12H9Cl2NO4/c1-19-11(18)12(10(16)17)2-3-15-8-5-6(13)4-7(14)9(8)12/h3-5H,2H2,1H3,(H,16,17). The molecular formula is C12H9Cl2NO4. The Labute approximate surface area is 118 Å². The number of methoxy groups -OCH3 is 1. The number of nitrogens with zero attached hydrogens (tertiary/aromatic N) is 1. The van der Waals surface area contributed by atoms with Crippen molar-refractivity contribution in [3.8, 4) is 0 Å². The molecule has 0 aromatic heterocycles. The van der Waals surface area contributed by atoms with Crippen LogP contribution in [0, 0.1) is 0 Å². The third-order valence-corrected chi connectivity index (χ3v) is 3.50. The van der Waals surface area contributed by atoms with Crippen molar-refractivity contribution in [2.24, 2.45) is 4.99 Å². The van der Waals surface area contributed by atoms with Crippen molar-refractivity contribution in [2.45, 2.75) is 11.8 Å². The fourth-order valence-electron chi connectivity index (χ4n) is 2.11. The molecule has 0 spiro atoms. The number of hydrogen-bond acceptors (Lipinski definition) is 4. The predicted molar refractivity (Wildman–Crippen MR) is 70.6 cm³/mol. The van der Waals surface area contributed by atoms with Crippen LogP contribution in [0.2, 0.25) is 10.0 Å². The number of hydrogen-bond donors (Lipinski definition) is 1. The van der Waals surface area contributed by atoms with E-state index in [4.69, 9.17) is 23.2 Å². The van der Waals surface area contributed by atoms with Crippen molar-refractivity contribution >= 4 is 47.0 Å². The Bertz CT molecular complexity index is 600. The number of aliphatic carboxylic acids is 1. The van der Waals surface area contributed by atoms with Crippen LogP contribution in [-0.4, -0.2) is 30.4 Å². The van der Waals surface area contributed by atoms with Crippen molar-refractivity contribution in [3.63, 3.8) is 0 Å². The minimum absolute atomic E-state index is 0.0761. The van der Waals surface area contributed by atoms with E-state index in [1.165, 1.54) is 18.3 Å². The number of carbonyl (C=O) groups is 2. The molecule has 0 aliphatic carbocycles. The number of rotatable bonds is 2. The molecule has 2 rings (SSSR count). The second kappa shape index (κ2) is 4.83. The number of carbonyl (C=O) groups excluding carboxylic acids is 1. The zero-order valence-electron chi connectivity index (χ0n) is 9.81. The summed E-state index contributed by atoms with van der Waals surface area (Å²) in [5, 5.41) is 9.86. The van der Waals surface area contributed by atoms with Gasteiger partial charge in [-0.1, -0.05) is 23.2 Å². The number of ether oxygens (including phenoxy) is 1. The molecule has 7 heteroatoms. The van der Waals surface area contributed by atoms with E-state index in [9.17, 15) is 14.7 Å². The monoisotopic (exact) mass is 301 g/mol. The number of benzene rings is 1. The number of fused-ring (bicyclic) bond motifs is 1. The van der Waals surface area contributed by atoms with Gasteiger partial charge in [-0.2, -0.15) is 0 Å². The third kappa shape index (κ3) is 1.99. The molecule has 1 unspecified atom stereocenters. The van der Waals surface area contributed by atoms with Crippen molar-refractivity contribution in [1.82, 2.24) is 0 Å². The zero-order chi connectivity index (χ0) is 14.2. The summed E-state index contributed by atoms with van der Waals surface area (Å²) in [6.45, 7) is 0. The predicted octanol–water partition coefficient (Wildman–Crippen LogP) is 2.59. The Kier molecular flexibility index (Phi) is 3.52. The lowest BCUT2D eigenvalue weighted by Gasteiger charge is -2.30. The Morgan fingerprint density at radius 3 is 2.68 bits per heavy atom. The molecule has 19 heavy (non-hydrogen) atoms. The van der Waals surface area contributed by atoms with E-state index in [0.717, 1.165) is 7.11 Å². The average molecular weight is 302 g/mol. The summed E-state index contributed by atoms with van der Waals surface area (Å²) < 4.78 is 4.62. The second-order valence-electron chi connectivity index (χ2n) is 4.00. The maximum Gasteiger partial charge on any atom is 0.328 e. The van der Waals surface area contributed by atoms with Gasteiger partial charge in [-0.15, -0.1) is 0 Å². The molecule has 0 saturated heterocycles. The summed E-state index contributed by atoms with van der Waals surface area (Å²) in [6, 6.07) is 2.84. The molecule has 1 aliphatic heterocycles. The van der Waals surface area contributed by atoms with Gasteiger partial charge in [-0.25, -0.2) is 0 Å². The van der Waals surface area contributed by atoms with Crippen molar-refractivity contribution in [1.29, 1.82) is 0 Å². The average Bonchev–Trinajstić information content (AvgIpc) is 2.36. The minimum atomic E-state index is -1.88. The van der Waals surface area contributed by atoms with Crippen LogP contribution >= 0.6 is 23.2 Å². The molecule has 1 aromatic carbocycles. The molecule has 0 radical (unpaired) electrons. The van der Waals surface area contributed by atoms with Gasteiger partial charge in [-0.05, 0) is 12.1 Å².